The summed E-state index contributed by atoms with van der Waals surface area (Å²) in [4.78, 5) is 11.1. The molecule has 16 heavy (non-hydrogen) atoms. The van der Waals surface area contributed by atoms with Crippen molar-refractivity contribution in [1.29, 1.82) is 0 Å². The highest BCUT2D eigenvalue weighted by Gasteiger charge is 2.06. The molecular formula is C11H10N2O3. The second kappa shape index (κ2) is 4.06. The number of phenols is 1. The number of H-pyrrole nitrogens is 1. The van der Waals surface area contributed by atoms with Crippen molar-refractivity contribution in [2.24, 2.45) is 0 Å². The average molecular weight is 218 g/mol. The van der Waals surface area contributed by atoms with Gasteiger partial charge in [-0.25, -0.2) is 5.10 Å². The second-order valence-electron chi connectivity index (χ2n) is 3.22. The second-order valence-corrected chi connectivity index (χ2v) is 3.22. The molecule has 82 valence electrons. The van der Waals surface area contributed by atoms with Crippen LogP contribution in [0.15, 0.2) is 35.3 Å². The molecule has 1 heterocycles. The Hall–Kier alpha value is -2.30. The van der Waals surface area contributed by atoms with E-state index in [1.807, 2.05) is 0 Å². The van der Waals surface area contributed by atoms with Gasteiger partial charge in [0.15, 0.2) is 0 Å². The number of methoxy groups -OCH3 is 1. The molecule has 2 N–H and O–H groups in total. The van der Waals surface area contributed by atoms with Gasteiger partial charge in [0.1, 0.15) is 11.5 Å². The van der Waals surface area contributed by atoms with Crippen LogP contribution in [0.1, 0.15) is 0 Å². The first kappa shape index (κ1) is 10.2. The number of phenolic OH excluding ortho intramolecular Hbond substituents is 1. The molecule has 1 aromatic carbocycles. The summed E-state index contributed by atoms with van der Waals surface area (Å²) in [6.07, 6.45) is 1.47. The molecule has 0 saturated carbocycles. The summed E-state index contributed by atoms with van der Waals surface area (Å²) in [5, 5.41) is 15.6. The standard InChI is InChI=1S/C11H10N2O3/c1-16-8-2-3-10(14)9(5-8)7-4-11(15)13-12-6-7/h2-6,14H,1H3,(H,13,15). The third-order valence-corrected chi connectivity index (χ3v) is 2.18. The third kappa shape index (κ3) is 1.88. The quantitative estimate of drug-likeness (QED) is 0.792. The number of benzene rings is 1. The fourth-order valence-corrected chi connectivity index (χ4v) is 1.40. The maximum Gasteiger partial charge on any atom is 0.264 e. The van der Waals surface area contributed by atoms with Gasteiger partial charge < -0.3 is 9.84 Å². The van der Waals surface area contributed by atoms with Crippen molar-refractivity contribution < 1.29 is 9.84 Å². The number of nitrogens with one attached hydrogen (secondary N) is 1. The van der Waals surface area contributed by atoms with Crippen LogP contribution in [0, 0.1) is 0 Å². The Morgan fingerprint density at radius 2 is 2.19 bits per heavy atom. The molecule has 2 aromatic rings. The third-order valence-electron chi connectivity index (χ3n) is 2.18. The summed E-state index contributed by atoms with van der Waals surface area (Å²) in [6, 6.07) is 6.15. The molecule has 0 amide bonds. The topological polar surface area (TPSA) is 75.2 Å². The Morgan fingerprint density at radius 1 is 1.38 bits per heavy atom. The van der Waals surface area contributed by atoms with Crippen molar-refractivity contribution in [1.82, 2.24) is 10.2 Å². The summed E-state index contributed by atoms with van der Waals surface area (Å²) in [5.41, 5.74) is 0.734. The zero-order chi connectivity index (χ0) is 11.5. The fourth-order valence-electron chi connectivity index (χ4n) is 1.40. The highest BCUT2D eigenvalue weighted by molar-refractivity contribution is 5.70. The van der Waals surface area contributed by atoms with E-state index in [4.69, 9.17) is 4.74 Å². The minimum Gasteiger partial charge on any atom is -0.507 e. The average Bonchev–Trinajstić information content (AvgIpc) is 2.30. The lowest BCUT2D eigenvalue weighted by Gasteiger charge is -2.06. The molecule has 2 rings (SSSR count). The highest BCUT2D eigenvalue weighted by Crippen LogP contribution is 2.31. The summed E-state index contributed by atoms with van der Waals surface area (Å²) in [7, 11) is 1.53. The summed E-state index contributed by atoms with van der Waals surface area (Å²) in [5.74, 6) is 0.682. The van der Waals surface area contributed by atoms with Crippen LogP contribution in [0.3, 0.4) is 0 Å². The number of rotatable bonds is 2. The number of aromatic nitrogens is 2. The van der Waals surface area contributed by atoms with Crippen molar-refractivity contribution in [3.63, 3.8) is 0 Å². The normalized spacial score (nSPS) is 10.1. The molecule has 0 fully saturated rings. The number of ether oxygens (including phenoxy) is 1. The number of aromatic hydroxyl groups is 1. The zero-order valence-corrected chi connectivity index (χ0v) is 8.60. The Labute approximate surface area is 91.3 Å². The van der Waals surface area contributed by atoms with E-state index < -0.39 is 0 Å². The lowest BCUT2D eigenvalue weighted by atomic mass is 10.1. The van der Waals surface area contributed by atoms with Gasteiger partial charge in [0.25, 0.3) is 5.56 Å². The van der Waals surface area contributed by atoms with Gasteiger partial charge in [-0.3, -0.25) is 4.79 Å². The van der Waals surface area contributed by atoms with Crippen LogP contribution in [0.5, 0.6) is 11.5 Å². The highest BCUT2D eigenvalue weighted by atomic mass is 16.5. The Kier molecular flexibility index (Phi) is 2.59. The van der Waals surface area contributed by atoms with E-state index in [0.29, 0.717) is 16.9 Å². The monoisotopic (exact) mass is 218 g/mol. The first-order chi connectivity index (χ1) is 7.70. The predicted molar refractivity (Wildman–Crippen MR) is 58.5 cm³/mol. The molecule has 0 unspecified atom stereocenters. The van der Waals surface area contributed by atoms with E-state index >= 15 is 0 Å². The molecule has 1 aromatic heterocycles. The van der Waals surface area contributed by atoms with Crippen LogP contribution in [0.25, 0.3) is 11.1 Å². The number of nitrogens with zero attached hydrogens (tertiary/aromatic N) is 1. The van der Waals surface area contributed by atoms with Crippen molar-refractivity contribution >= 4 is 0 Å². The van der Waals surface area contributed by atoms with Gasteiger partial charge in [0, 0.05) is 17.2 Å². The number of hydrogen-bond acceptors (Lipinski definition) is 4. The minimum atomic E-state index is -0.320. The Bertz CT molecular complexity index is 563. The van der Waals surface area contributed by atoms with Gasteiger partial charge >= 0.3 is 0 Å². The van der Waals surface area contributed by atoms with Gasteiger partial charge in [0.05, 0.1) is 13.3 Å². The minimum absolute atomic E-state index is 0.0770. The Balaban J connectivity index is 2.58. The van der Waals surface area contributed by atoms with E-state index in [1.54, 1.807) is 12.1 Å². The predicted octanol–water partition coefficient (Wildman–Crippen LogP) is 1.15. The van der Waals surface area contributed by atoms with Crippen molar-refractivity contribution in [2.75, 3.05) is 7.11 Å². The molecule has 0 aliphatic rings. The summed E-state index contributed by atoms with van der Waals surface area (Å²) < 4.78 is 5.04. The molecule has 0 bridgehead atoms. The molecule has 0 aliphatic heterocycles. The van der Waals surface area contributed by atoms with E-state index in [0.717, 1.165) is 0 Å². The van der Waals surface area contributed by atoms with E-state index in [9.17, 15) is 9.90 Å². The SMILES string of the molecule is COc1ccc(O)c(-c2cn[nH]c(=O)c2)c1. The van der Waals surface area contributed by atoms with E-state index in [1.165, 1.54) is 25.4 Å². The van der Waals surface area contributed by atoms with Crippen molar-refractivity contribution in [3.05, 3.63) is 40.8 Å². The van der Waals surface area contributed by atoms with Gasteiger partial charge in [-0.1, -0.05) is 0 Å². The molecule has 5 nitrogen and oxygen atoms in total. The van der Waals surface area contributed by atoms with Crippen LogP contribution in [-0.4, -0.2) is 22.4 Å². The molecule has 5 heteroatoms. The van der Waals surface area contributed by atoms with Gasteiger partial charge in [-0.2, -0.15) is 5.10 Å². The lowest BCUT2D eigenvalue weighted by molar-refractivity contribution is 0.412. The van der Waals surface area contributed by atoms with Gasteiger partial charge in [0.2, 0.25) is 0 Å². The van der Waals surface area contributed by atoms with Crippen LogP contribution in [0.4, 0.5) is 0 Å². The molecule has 0 radical (unpaired) electrons. The molecule has 0 aliphatic carbocycles. The van der Waals surface area contributed by atoms with Crippen LogP contribution < -0.4 is 10.3 Å². The summed E-state index contributed by atoms with van der Waals surface area (Å²) >= 11 is 0. The van der Waals surface area contributed by atoms with E-state index in [2.05, 4.69) is 10.2 Å². The first-order valence-corrected chi connectivity index (χ1v) is 4.63. The lowest BCUT2D eigenvalue weighted by Crippen LogP contribution is -2.05. The maximum atomic E-state index is 11.1. The Morgan fingerprint density at radius 3 is 2.88 bits per heavy atom. The van der Waals surface area contributed by atoms with E-state index in [-0.39, 0.29) is 11.3 Å². The van der Waals surface area contributed by atoms with Crippen LogP contribution in [-0.2, 0) is 0 Å². The van der Waals surface area contributed by atoms with Crippen LogP contribution in [0.2, 0.25) is 0 Å². The van der Waals surface area contributed by atoms with Crippen molar-refractivity contribution in [3.8, 4) is 22.6 Å². The first-order valence-electron chi connectivity index (χ1n) is 4.63. The van der Waals surface area contributed by atoms with Gasteiger partial charge in [-0.15, -0.1) is 0 Å². The van der Waals surface area contributed by atoms with Gasteiger partial charge in [-0.05, 0) is 18.2 Å². The maximum absolute atomic E-state index is 11.1. The number of hydrogen-bond donors (Lipinski definition) is 2. The summed E-state index contributed by atoms with van der Waals surface area (Å²) in [6.45, 7) is 0. The molecule has 0 saturated heterocycles. The molecule has 0 spiro atoms. The van der Waals surface area contributed by atoms with Crippen LogP contribution >= 0.6 is 0 Å². The molecular weight excluding hydrogens is 208 g/mol. The molecule has 0 atom stereocenters. The smallest absolute Gasteiger partial charge is 0.264 e. The number of aromatic amines is 1. The fraction of sp³-hybridized carbons (Fsp3) is 0.0909. The largest absolute Gasteiger partial charge is 0.507 e. The zero-order valence-electron chi connectivity index (χ0n) is 8.60. The van der Waals surface area contributed by atoms with Crippen molar-refractivity contribution in [2.45, 2.75) is 0 Å².